The Balaban J connectivity index is 1.90. The third-order valence-electron chi connectivity index (χ3n) is 5.34. The number of phenolic OH excluding ortho intramolecular Hbond substituents is 1. The van der Waals surface area contributed by atoms with Crippen LogP contribution in [0.25, 0.3) is 33.5 Å². The Bertz CT molecular complexity index is 1470. The van der Waals surface area contributed by atoms with E-state index in [9.17, 15) is 14.7 Å². The Morgan fingerprint density at radius 1 is 1.11 bits per heavy atom. The van der Waals surface area contributed by atoms with Crippen LogP contribution < -0.4 is 16.2 Å². The van der Waals surface area contributed by atoms with Crippen LogP contribution in [-0.4, -0.2) is 38.6 Å². The molecule has 0 bridgehead atoms. The van der Waals surface area contributed by atoms with Crippen molar-refractivity contribution in [2.45, 2.75) is 33.0 Å². The molecule has 3 N–H and O–H groups in total. The highest BCUT2D eigenvalue weighted by molar-refractivity contribution is 6.31. The first-order valence-electron chi connectivity index (χ1n) is 11.2. The number of rotatable bonds is 7. The summed E-state index contributed by atoms with van der Waals surface area (Å²) in [7, 11) is 1.85. The van der Waals surface area contributed by atoms with Crippen molar-refractivity contribution in [3.8, 4) is 28.3 Å². The summed E-state index contributed by atoms with van der Waals surface area (Å²) in [5.74, 6) is -0.0476. The second-order valence-corrected chi connectivity index (χ2v) is 9.01. The number of hydrogen-bond acceptors (Lipinski definition) is 6. The highest BCUT2D eigenvalue weighted by atomic mass is 35.5. The van der Waals surface area contributed by atoms with Crippen molar-refractivity contribution in [1.82, 2.24) is 25.2 Å². The predicted octanol–water partition coefficient (Wildman–Crippen LogP) is 3.73. The predicted molar refractivity (Wildman–Crippen MR) is 137 cm³/mol. The summed E-state index contributed by atoms with van der Waals surface area (Å²) >= 11 is 6.32. The van der Waals surface area contributed by atoms with Crippen LogP contribution in [0.5, 0.6) is 5.75 Å². The van der Waals surface area contributed by atoms with Gasteiger partial charge in [0.15, 0.2) is 5.65 Å². The monoisotopic (exact) mass is 491 g/mol. The number of nitrogens with one attached hydrogen (secondary N) is 2. The van der Waals surface area contributed by atoms with Gasteiger partial charge >= 0.3 is 0 Å². The van der Waals surface area contributed by atoms with Gasteiger partial charge in [-0.25, -0.2) is 9.97 Å². The lowest BCUT2D eigenvalue weighted by Gasteiger charge is -2.15. The molecule has 8 nitrogen and oxygen atoms in total. The minimum atomic E-state index is -0.404. The molecular formula is C26H26ClN5O3. The second kappa shape index (κ2) is 10.2. The molecule has 1 amide bonds. The van der Waals surface area contributed by atoms with E-state index in [1.165, 1.54) is 16.7 Å². The number of halogens is 1. The van der Waals surface area contributed by atoms with Crippen molar-refractivity contribution in [2.24, 2.45) is 0 Å². The molecule has 4 aromatic rings. The van der Waals surface area contributed by atoms with Gasteiger partial charge in [0.05, 0.1) is 5.39 Å². The lowest BCUT2D eigenvalue weighted by molar-refractivity contribution is -0.122. The molecule has 2 aromatic heterocycles. The van der Waals surface area contributed by atoms with E-state index in [0.717, 1.165) is 11.1 Å². The van der Waals surface area contributed by atoms with Gasteiger partial charge in [-0.05, 0) is 68.4 Å². The number of phenols is 1. The number of pyridine rings is 1. The molecule has 0 aliphatic heterocycles. The van der Waals surface area contributed by atoms with Crippen LogP contribution in [0.3, 0.4) is 0 Å². The van der Waals surface area contributed by atoms with Crippen LogP contribution in [0.2, 0.25) is 5.02 Å². The summed E-state index contributed by atoms with van der Waals surface area (Å²) in [5.41, 5.74) is 2.86. The van der Waals surface area contributed by atoms with Crippen LogP contribution in [0.15, 0.2) is 59.5 Å². The molecule has 0 fully saturated rings. The molecule has 2 heterocycles. The van der Waals surface area contributed by atoms with Crippen molar-refractivity contribution in [3.05, 3.63) is 75.7 Å². The molecule has 4 rings (SSSR count). The van der Waals surface area contributed by atoms with Gasteiger partial charge in [0.1, 0.15) is 18.1 Å². The third kappa shape index (κ3) is 5.50. The fourth-order valence-electron chi connectivity index (χ4n) is 3.91. The summed E-state index contributed by atoms with van der Waals surface area (Å²) < 4.78 is 1.31. The summed E-state index contributed by atoms with van der Waals surface area (Å²) in [6.07, 6.45) is 1.64. The molecule has 0 aliphatic rings. The van der Waals surface area contributed by atoms with Gasteiger partial charge < -0.3 is 15.7 Å². The zero-order valence-corrected chi connectivity index (χ0v) is 20.4. The number of fused-ring (bicyclic) bond motifs is 1. The van der Waals surface area contributed by atoms with Gasteiger partial charge in [0.2, 0.25) is 5.91 Å². The zero-order chi connectivity index (χ0) is 25.1. The van der Waals surface area contributed by atoms with Gasteiger partial charge in [-0.1, -0.05) is 23.7 Å². The minimum absolute atomic E-state index is 0.0247. The fraction of sp³-hybridized carbons (Fsp3) is 0.231. The van der Waals surface area contributed by atoms with E-state index in [2.05, 4.69) is 20.6 Å². The van der Waals surface area contributed by atoms with Crippen molar-refractivity contribution in [1.29, 1.82) is 0 Å². The molecule has 9 heteroatoms. The van der Waals surface area contributed by atoms with E-state index in [-0.39, 0.29) is 41.1 Å². The SMILES string of the molecule is CNCc1cc(Cl)cc(-c2cnc3nc(-c4cccc(O)c4)n(CC(=O)NC(C)C)c(=O)c3c2)c1. The van der Waals surface area contributed by atoms with E-state index >= 15 is 0 Å². The Kier molecular flexibility index (Phi) is 7.14. The van der Waals surface area contributed by atoms with E-state index < -0.39 is 5.56 Å². The van der Waals surface area contributed by atoms with Crippen LogP contribution in [0.4, 0.5) is 0 Å². The van der Waals surface area contributed by atoms with Crippen LogP contribution in [0, 0.1) is 0 Å². The average molecular weight is 492 g/mol. The number of carbonyl (C=O) groups is 1. The van der Waals surface area contributed by atoms with E-state index in [0.29, 0.717) is 22.7 Å². The molecule has 0 saturated heterocycles. The third-order valence-corrected chi connectivity index (χ3v) is 5.56. The number of benzene rings is 2. The molecular weight excluding hydrogens is 466 g/mol. The Hall–Kier alpha value is -3.75. The maximum absolute atomic E-state index is 13.7. The molecule has 0 saturated carbocycles. The Morgan fingerprint density at radius 3 is 2.63 bits per heavy atom. The van der Waals surface area contributed by atoms with Crippen molar-refractivity contribution >= 4 is 28.5 Å². The van der Waals surface area contributed by atoms with Crippen molar-refractivity contribution in [2.75, 3.05) is 7.05 Å². The quantitative estimate of drug-likeness (QED) is 0.363. The summed E-state index contributed by atoms with van der Waals surface area (Å²) in [5, 5.41) is 16.7. The van der Waals surface area contributed by atoms with Gasteiger partial charge in [0, 0.05) is 34.9 Å². The van der Waals surface area contributed by atoms with Gasteiger partial charge in [-0.3, -0.25) is 14.2 Å². The molecule has 0 radical (unpaired) electrons. The average Bonchev–Trinajstić information content (AvgIpc) is 2.80. The number of carbonyl (C=O) groups excluding carboxylic acids is 1. The Labute approximate surface area is 207 Å². The summed E-state index contributed by atoms with van der Waals surface area (Å²) in [6.45, 7) is 4.11. The van der Waals surface area contributed by atoms with Crippen LogP contribution in [0.1, 0.15) is 19.4 Å². The van der Waals surface area contributed by atoms with Crippen molar-refractivity contribution in [3.63, 3.8) is 0 Å². The normalized spacial score (nSPS) is 11.2. The van der Waals surface area contributed by atoms with E-state index in [1.54, 1.807) is 24.4 Å². The maximum Gasteiger partial charge on any atom is 0.263 e. The molecule has 35 heavy (non-hydrogen) atoms. The summed E-state index contributed by atoms with van der Waals surface area (Å²) in [6, 6.07) is 13.7. The maximum atomic E-state index is 13.7. The topological polar surface area (TPSA) is 109 Å². The second-order valence-electron chi connectivity index (χ2n) is 8.57. The summed E-state index contributed by atoms with van der Waals surface area (Å²) in [4.78, 5) is 35.3. The highest BCUT2D eigenvalue weighted by Crippen LogP contribution is 2.27. The van der Waals surface area contributed by atoms with Crippen LogP contribution in [-0.2, 0) is 17.9 Å². The number of nitrogens with zero attached hydrogens (tertiary/aromatic N) is 3. The highest BCUT2D eigenvalue weighted by Gasteiger charge is 2.18. The molecule has 2 aromatic carbocycles. The first kappa shape index (κ1) is 24.4. The number of amides is 1. The smallest absolute Gasteiger partial charge is 0.263 e. The number of aromatic hydroxyl groups is 1. The number of hydrogen-bond donors (Lipinski definition) is 3. The minimum Gasteiger partial charge on any atom is -0.508 e. The molecule has 180 valence electrons. The first-order valence-corrected chi connectivity index (χ1v) is 11.6. The number of aromatic nitrogens is 3. The fourth-order valence-corrected chi connectivity index (χ4v) is 4.17. The van der Waals surface area contributed by atoms with Gasteiger partial charge in [-0.15, -0.1) is 0 Å². The molecule has 0 aliphatic carbocycles. The standard InChI is InChI=1S/C26H26ClN5O3/c1-15(2)30-23(34)14-32-25(17-5-4-6-21(33)10-17)31-24-22(26(32)35)11-19(13-29-24)18-7-16(12-28-3)8-20(27)9-18/h4-11,13,15,28,33H,12,14H2,1-3H3,(H,30,34). The van der Waals surface area contributed by atoms with E-state index in [4.69, 9.17) is 11.6 Å². The molecule has 0 unspecified atom stereocenters. The van der Waals surface area contributed by atoms with E-state index in [1.807, 2.05) is 39.1 Å². The van der Waals surface area contributed by atoms with Gasteiger partial charge in [-0.2, -0.15) is 0 Å². The molecule has 0 atom stereocenters. The zero-order valence-electron chi connectivity index (χ0n) is 19.7. The van der Waals surface area contributed by atoms with Crippen molar-refractivity contribution < 1.29 is 9.90 Å². The first-order chi connectivity index (χ1) is 16.7. The lowest BCUT2D eigenvalue weighted by atomic mass is 10.0. The Morgan fingerprint density at radius 2 is 1.91 bits per heavy atom. The largest absolute Gasteiger partial charge is 0.508 e. The van der Waals surface area contributed by atoms with Gasteiger partial charge in [0.25, 0.3) is 5.56 Å². The van der Waals surface area contributed by atoms with Crippen LogP contribution >= 0.6 is 11.6 Å². The molecule has 0 spiro atoms. The lowest BCUT2D eigenvalue weighted by Crippen LogP contribution is -2.37.